The second kappa shape index (κ2) is 11.1. The van der Waals surface area contributed by atoms with Crippen LogP contribution in [0, 0.1) is 5.82 Å². The molecule has 6 rings (SSSR count). The quantitative estimate of drug-likeness (QED) is 0.258. The van der Waals surface area contributed by atoms with Gasteiger partial charge >= 0.3 is 0 Å². The highest BCUT2D eigenvalue weighted by atomic mass is 32.1. The number of thiophene rings is 1. The number of amides is 1. The molecule has 0 aliphatic carbocycles. The Morgan fingerprint density at radius 2 is 1.63 bits per heavy atom. The molecule has 0 radical (unpaired) electrons. The molecule has 1 fully saturated rings. The van der Waals surface area contributed by atoms with Gasteiger partial charge < -0.3 is 25.0 Å². The Bertz CT molecular complexity index is 1720. The van der Waals surface area contributed by atoms with E-state index in [1.807, 2.05) is 59.5 Å². The Balaban J connectivity index is 1.40. The summed E-state index contributed by atoms with van der Waals surface area (Å²) in [6.07, 6.45) is 0. The zero-order valence-corrected chi connectivity index (χ0v) is 23.6. The van der Waals surface area contributed by atoms with E-state index in [0.29, 0.717) is 53.1 Å². The zero-order valence-electron chi connectivity index (χ0n) is 22.8. The number of nitrogens with zero attached hydrogens (tertiary/aromatic N) is 3. The number of carbonyl (C=O) groups excluding carboxylic acids is 1. The number of carbonyl (C=O) groups is 1. The Morgan fingerprint density at radius 3 is 2.32 bits per heavy atom. The third kappa shape index (κ3) is 5.04. The summed E-state index contributed by atoms with van der Waals surface area (Å²) in [6.45, 7) is 2.35. The minimum Gasteiger partial charge on any atom is -0.497 e. The highest BCUT2D eigenvalue weighted by Crippen LogP contribution is 2.45. The lowest BCUT2D eigenvalue weighted by Crippen LogP contribution is -2.48. The highest BCUT2D eigenvalue weighted by Gasteiger charge is 2.28. The summed E-state index contributed by atoms with van der Waals surface area (Å²) in [5, 5.41) is 0.717. The number of pyridine rings is 1. The van der Waals surface area contributed by atoms with E-state index >= 15 is 0 Å². The van der Waals surface area contributed by atoms with Crippen molar-refractivity contribution in [2.75, 3.05) is 51.0 Å². The molecule has 2 aromatic heterocycles. The van der Waals surface area contributed by atoms with Gasteiger partial charge in [-0.3, -0.25) is 4.79 Å². The van der Waals surface area contributed by atoms with Gasteiger partial charge in [-0.25, -0.2) is 9.37 Å². The fourth-order valence-corrected chi connectivity index (χ4v) is 6.32. The molecule has 9 heteroatoms. The molecule has 3 heterocycles. The summed E-state index contributed by atoms with van der Waals surface area (Å²) in [6, 6.07) is 24.0. The fraction of sp³-hybridized carbons (Fsp3) is 0.188. The molecule has 0 spiro atoms. The van der Waals surface area contributed by atoms with E-state index in [1.165, 1.54) is 23.5 Å². The number of benzene rings is 3. The average Bonchev–Trinajstić information content (AvgIpc) is 3.36. The van der Waals surface area contributed by atoms with Crippen molar-refractivity contribution in [3.8, 4) is 33.9 Å². The second-order valence-electron chi connectivity index (χ2n) is 9.77. The van der Waals surface area contributed by atoms with Crippen molar-refractivity contribution in [1.82, 2.24) is 9.88 Å². The molecule has 1 aliphatic rings. The first-order chi connectivity index (χ1) is 20.0. The van der Waals surface area contributed by atoms with Gasteiger partial charge in [-0.2, -0.15) is 0 Å². The molecular formula is C32H29FN4O3S. The maximum Gasteiger partial charge on any atom is 0.266 e. The third-order valence-corrected chi connectivity index (χ3v) is 8.51. The number of anilines is 2. The summed E-state index contributed by atoms with van der Waals surface area (Å²) >= 11 is 1.31. The molecule has 0 atom stereocenters. The van der Waals surface area contributed by atoms with E-state index < -0.39 is 0 Å². The molecule has 7 nitrogen and oxygen atoms in total. The van der Waals surface area contributed by atoms with Gasteiger partial charge in [0, 0.05) is 53.9 Å². The maximum atomic E-state index is 13.8. The van der Waals surface area contributed by atoms with Crippen LogP contribution in [0.2, 0.25) is 0 Å². The van der Waals surface area contributed by atoms with Gasteiger partial charge in [0.05, 0.1) is 25.6 Å². The van der Waals surface area contributed by atoms with Gasteiger partial charge in [0.25, 0.3) is 5.91 Å². The van der Waals surface area contributed by atoms with Crippen molar-refractivity contribution in [3.05, 3.63) is 89.6 Å². The van der Waals surface area contributed by atoms with Gasteiger partial charge in [0.1, 0.15) is 27.0 Å². The summed E-state index contributed by atoms with van der Waals surface area (Å²) < 4.78 is 24.6. The number of hydrogen-bond donors (Lipinski definition) is 1. The number of ether oxygens (including phenoxy) is 2. The van der Waals surface area contributed by atoms with E-state index in [1.54, 1.807) is 26.4 Å². The number of aromatic nitrogens is 1. The molecule has 0 unspecified atom stereocenters. The van der Waals surface area contributed by atoms with E-state index in [-0.39, 0.29) is 11.7 Å². The highest BCUT2D eigenvalue weighted by molar-refractivity contribution is 7.21. The minimum absolute atomic E-state index is 0.117. The van der Waals surface area contributed by atoms with Crippen molar-refractivity contribution >= 4 is 38.8 Å². The third-order valence-electron chi connectivity index (χ3n) is 7.42. The van der Waals surface area contributed by atoms with Gasteiger partial charge in [0.2, 0.25) is 0 Å². The average molecular weight is 569 g/mol. The lowest BCUT2D eigenvalue weighted by Gasteiger charge is -2.36. The van der Waals surface area contributed by atoms with Crippen LogP contribution in [0.1, 0.15) is 9.67 Å². The molecule has 41 heavy (non-hydrogen) atoms. The molecule has 2 N–H and O–H groups in total. The minimum atomic E-state index is -0.266. The number of nitrogen functional groups attached to an aromatic ring is 1. The van der Waals surface area contributed by atoms with Crippen molar-refractivity contribution < 1.29 is 18.7 Å². The van der Waals surface area contributed by atoms with Crippen LogP contribution in [0.15, 0.2) is 78.9 Å². The first-order valence-electron chi connectivity index (χ1n) is 13.3. The summed E-state index contributed by atoms with van der Waals surface area (Å²) in [4.78, 5) is 23.9. The molecule has 0 saturated carbocycles. The maximum absolute atomic E-state index is 13.8. The van der Waals surface area contributed by atoms with Gasteiger partial charge in [-0.15, -0.1) is 11.3 Å². The molecular weight excluding hydrogens is 539 g/mol. The molecule has 1 aliphatic heterocycles. The zero-order chi connectivity index (χ0) is 28.5. The molecule has 1 amide bonds. The van der Waals surface area contributed by atoms with Crippen molar-refractivity contribution in [3.63, 3.8) is 0 Å². The topological polar surface area (TPSA) is 80.9 Å². The van der Waals surface area contributed by atoms with E-state index in [0.717, 1.165) is 33.5 Å². The summed E-state index contributed by atoms with van der Waals surface area (Å²) in [5.41, 5.74) is 11.5. The smallest absolute Gasteiger partial charge is 0.266 e. The predicted octanol–water partition coefficient (Wildman–Crippen LogP) is 6.33. The van der Waals surface area contributed by atoms with Crippen molar-refractivity contribution in [1.29, 1.82) is 0 Å². The fourth-order valence-electron chi connectivity index (χ4n) is 5.24. The van der Waals surface area contributed by atoms with Gasteiger partial charge in [-0.05, 0) is 48.5 Å². The molecule has 208 valence electrons. The summed E-state index contributed by atoms with van der Waals surface area (Å²) in [7, 11) is 3.24. The first-order valence-corrected chi connectivity index (χ1v) is 14.1. The number of methoxy groups -OCH3 is 2. The number of hydrogen-bond acceptors (Lipinski definition) is 7. The van der Waals surface area contributed by atoms with Crippen LogP contribution in [-0.2, 0) is 0 Å². The van der Waals surface area contributed by atoms with Gasteiger partial charge in [-0.1, -0.05) is 30.3 Å². The lowest BCUT2D eigenvalue weighted by atomic mass is 9.98. The van der Waals surface area contributed by atoms with E-state index in [4.69, 9.17) is 20.2 Å². The molecule has 1 saturated heterocycles. The second-order valence-corrected chi connectivity index (χ2v) is 10.8. The number of rotatable bonds is 6. The normalized spacial score (nSPS) is 13.4. The van der Waals surface area contributed by atoms with Crippen LogP contribution in [0.4, 0.5) is 15.8 Å². The van der Waals surface area contributed by atoms with Crippen molar-refractivity contribution in [2.24, 2.45) is 0 Å². The SMILES string of the molecule is COc1ccc(OC)c(-c2cc(-c3ccccc3)nc3sc(C(=O)N4CCN(c5ccc(F)cc5)CC4)c(N)c23)c1. The Morgan fingerprint density at radius 1 is 0.902 bits per heavy atom. The predicted molar refractivity (Wildman–Crippen MR) is 163 cm³/mol. The van der Waals surface area contributed by atoms with Gasteiger partial charge in [0.15, 0.2) is 0 Å². The van der Waals surface area contributed by atoms with Crippen LogP contribution in [-0.4, -0.2) is 56.2 Å². The Hall–Kier alpha value is -4.63. The number of piperazine rings is 1. The monoisotopic (exact) mass is 568 g/mol. The largest absolute Gasteiger partial charge is 0.497 e. The van der Waals surface area contributed by atoms with E-state index in [2.05, 4.69) is 4.90 Å². The number of halogens is 1. The number of fused-ring (bicyclic) bond motifs is 1. The lowest BCUT2D eigenvalue weighted by molar-refractivity contribution is 0.0752. The Kier molecular flexibility index (Phi) is 7.19. The van der Waals surface area contributed by atoms with Crippen molar-refractivity contribution in [2.45, 2.75) is 0 Å². The molecule has 5 aromatic rings. The standard InChI is InChI=1S/C32H29FN4O3S/c1-39-23-12-13-27(40-2)24(18-23)25-19-26(20-6-4-3-5-7-20)35-31-28(25)29(34)30(41-31)32(38)37-16-14-36(15-17-37)22-10-8-21(33)9-11-22/h3-13,18-19H,14-17,34H2,1-2H3. The molecule has 0 bridgehead atoms. The van der Waals surface area contributed by atoms with Crippen LogP contribution < -0.4 is 20.1 Å². The van der Waals surface area contributed by atoms with Crippen LogP contribution in [0.25, 0.3) is 32.6 Å². The molecule has 3 aromatic carbocycles. The summed E-state index contributed by atoms with van der Waals surface area (Å²) in [5.74, 6) is 0.954. The Labute approximate surface area is 241 Å². The van der Waals surface area contributed by atoms with Crippen LogP contribution >= 0.6 is 11.3 Å². The number of nitrogens with two attached hydrogens (primary N) is 1. The first kappa shape index (κ1) is 26.6. The van der Waals surface area contributed by atoms with E-state index in [9.17, 15) is 9.18 Å². The van der Waals surface area contributed by atoms with Crippen LogP contribution in [0.3, 0.4) is 0 Å². The van der Waals surface area contributed by atoms with Crippen LogP contribution in [0.5, 0.6) is 11.5 Å².